The van der Waals surface area contributed by atoms with Crippen LogP contribution < -0.4 is 4.74 Å². The van der Waals surface area contributed by atoms with Crippen molar-refractivity contribution in [3.8, 4) is 5.75 Å². The first-order valence-electron chi connectivity index (χ1n) is 8.05. The van der Waals surface area contributed by atoms with Crippen molar-refractivity contribution in [2.24, 2.45) is 0 Å². The molecule has 0 saturated heterocycles. The lowest BCUT2D eigenvalue weighted by Crippen LogP contribution is -2.10. The molecule has 3 rings (SSSR count). The minimum absolute atomic E-state index is 0.0542. The number of aromatic nitrogens is 2. The summed E-state index contributed by atoms with van der Waals surface area (Å²) in [6.45, 7) is 2.79. The molecule has 0 aliphatic heterocycles. The van der Waals surface area contributed by atoms with E-state index in [0.717, 1.165) is 29.0 Å². The van der Waals surface area contributed by atoms with Crippen LogP contribution in [0.3, 0.4) is 0 Å². The summed E-state index contributed by atoms with van der Waals surface area (Å²) < 4.78 is 7.80. The summed E-state index contributed by atoms with van der Waals surface area (Å²) in [6.07, 6.45) is 1.01. The number of hydrogen-bond acceptors (Lipinski definition) is 3. The van der Waals surface area contributed by atoms with E-state index in [2.05, 4.69) is 18.0 Å². The number of para-hydroxylation sites is 2. The van der Waals surface area contributed by atoms with Crippen molar-refractivity contribution in [3.05, 3.63) is 59.9 Å². The highest BCUT2D eigenvalue weighted by atomic mass is 16.5. The molecule has 0 unspecified atom stereocenters. The molecule has 1 aromatic heterocycles. The van der Waals surface area contributed by atoms with Crippen molar-refractivity contribution in [3.63, 3.8) is 0 Å². The Kier molecular flexibility index (Phi) is 4.79. The van der Waals surface area contributed by atoms with Crippen LogP contribution in [0.25, 0.3) is 11.0 Å². The van der Waals surface area contributed by atoms with Crippen molar-refractivity contribution in [1.82, 2.24) is 9.55 Å². The highest BCUT2D eigenvalue weighted by Gasteiger charge is 2.12. The topological polar surface area (TPSA) is 64.4 Å². The van der Waals surface area contributed by atoms with Crippen molar-refractivity contribution < 1.29 is 14.6 Å². The van der Waals surface area contributed by atoms with Gasteiger partial charge in [0.05, 0.1) is 17.5 Å². The Balaban J connectivity index is 1.84. The summed E-state index contributed by atoms with van der Waals surface area (Å²) in [5.74, 6) is 0.709. The first-order valence-corrected chi connectivity index (χ1v) is 8.05. The van der Waals surface area contributed by atoms with Crippen molar-refractivity contribution >= 4 is 17.0 Å². The number of hydrogen-bond donors (Lipinski definition) is 1. The van der Waals surface area contributed by atoms with E-state index in [1.807, 2.05) is 47.0 Å². The summed E-state index contributed by atoms with van der Waals surface area (Å²) in [5.41, 5.74) is 3.00. The lowest BCUT2D eigenvalue weighted by molar-refractivity contribution is -0.137. The molecular formula is C19H20N2O3. The third-order valence-electron chi connectivity index (χ3n) is 3.96. The van der Waals surface area contributed by atoms with Gasteiger partial charge in [0, 0.05) is 6.54 Å². The second kappa shape index (κ2) is 7.17. The van der Waals surface area contributed by atoms with Crippen molar-refractivity contribution in [1.29, 1.82) is 0 Å². The predicted octanol–water partition coefficient (Wildman–Crippen LogP) is 3.65. The number of rotatable bonds is 7. The summed E-state index contributed by atoms with van der Waals surface area (Å²) in [7, 11) is 0. The van der Waals surface area contributed by atoms with E-state index in [0.29, 0.717) is 13.2 Å². The summed E-state index contributed by atoms with van der Waals surface area (Å²) in [6, 6.07) is 15.7. The molecule has 24 heavy (non-hydrogen) atoms. The lowest BCUT2D eigenvalue weighted by atomic mass is 10.2. The number of carboxylic acid groups (broad SMARTS) is 1. The highest BCUT2D eigenvalue weighted by Crippen LogP contribution is 2.19. The molecule has 1 N–H and O–H groups in total. The number of benzene rings is 2. The maximum atomic E-state index is 10.9. The number of aryl methyl sites for hydroxylation is 2. The third kappa shape index (κ3) is 3.56. The van der Waals surface area contributed by atoms with Gasteiger partial charge in [-0.3, -0.25) is 4.79 Å². The van der Waals surface area contributed by atoms with Gasteiger partial charge >= 0.3 is 5.97 Å². The molecule has 3 aromatic rings. The number of ether oxygens (including phenoxy) is 1. The van der Waals surface area contributed by atoms with Crippen LogP contribution in [0.4, 0.5) is 0 Å². The monoisotopic (exact) mass is 324 g/mol. The quantitative estimate of drug-likeness (QED) is 0.720. The SMILES string of the molecule is CCc1cccc(OCc2nc3ccccc3n2CCC(=O)O)c1. The molecule has 0 radical (unpaired) electrons. The zero-order chi connectivity index (χ0) is 16.9. The smallest absolute Gasteiger partial charge is 0.305 e. The number of fused-ring (bicyclic) bond motifs is 1. The van der Waals surface area contributed by atoms with Crippen LogP contribution in [0.1, 0.15) is 24.7 Å². The lowest BCUT2D eigenvalue weighted by Gasteiger charge is -2.10. The van der Waals surface area contributed by atoms with Gasteiger partial charge in [-0.25, -0.2) is 4.98 Å². The molecule has 0 amide bonds. The second-order valence-electron chi connectivity index (χ2n) is 5.60. The van der Waals surface area contributed by atoms with Crippen LogP contribution in [0.2, 0.25) is 0 Å². The van der Waals surface area contributed by atoms with Crippen LogP contribution >= 0.6 is 0 Å². The van der Waals surface area contributed by atoms with E-state index in [-0.39, 0.29) is 6.42 Å². The average molecular weight is 324 g/mol. The number of nitrogens with zero attached hydrogens (tertiary/aromatic N) is 2. The Morgan fingerprint density at radius 3 is 2.83 bits per heavy atom. The van der Waals surface area contributed by atoms with Crippen LogP contribution in [-0.2, 0) is 24.4 Å². The summed E-state index contributed by atoms with van der Waals surface area (Å²) in [5, 5.41) is 8.98. The highest BCUT2D eigenvalue weighted by molar-refractivity contribution is 5.76. The zero-order valence-corrected chi connectivity index (χ0v) is 13.6. The van der Waals surface area contributed by atoms with Crippen LogP contribution in [0.15, 0.2) is 48.5 Å². The Hall–Kier alpha value is -2.82. The molecule has 0 bridgehead atoms. The van der Waals surface area contributed by atoms with Gasteiger partial charge in [0.2, 0.25) is 0 Å². The number of carboxylic acids is 1. The first-order chi connectivity index (χ1) is 11.7. The largest absolute Gasteiger partial charge is 0.486 e. The van der Waals surface area contributed by atoms with Crippen LogP contribution in [-0.4, -0.2) is 20.6 Å². The molecule has 0 spiro atoms. The maximum absolute atomic E-state index is 10.9. The minimum Gasteiger partial charge on any atom is -0.486 e. The van der Waals surface area contributed by atoms with Gasteiger partial charge in [-0.05, 0) is 36.2 Å². The van der Waals surface area contributed by atoms with Gasteiger partial charge < -0.3 is 14.4 Å². The van der Waals surface area contributed by atoms with E-state index in [1.54, 1.807) is 0 Å². The molecule has 124 valence electrons. The molecule has 1 heterocycles. The number of carbonyl (C=O) groups is 1. The molecule has 0 aliphatic carbocycles. The summed E-state index contributed by atoms with van der Waals surface area (Å²) >= 11 is 0. The fraction of sp³-hybridized carbons (Fsp3) is 0.263. The molecule has 2 aromatic carbocycles. The van der Waals surface area contributed by atoms with Gasteiger partial charge in [-0.15, -0.1) is 0 Å². The Bertz CT molecular complexity index is 855. The van der Waals surface area contributed by atoms with Gasteiger partial charge in [-0.1, -0.05) is 31.2 Å². The molecular weight excluding hydrogens is 304 g/mol. The number of aliphatic carboxylic acids is 1. The molecule has 0 aliphatic rings. The van der Waals surface area contributed by atoms with Crippen molar-refractivity contribution in [2.75, 3.05) is 0 Å². The van der Waals surface area contributed by atoms with Gasteiger partial charge in [0.1, 0.15) is 18.2 Å². The number of imidazole rings is 1. The van der Waals surface area contributed by atoms with Gasteiger partial charge in [-0.2, -0.15) is 0 Å². The van der Waals surface area contributed by atoms with E-state index in [9.17, 15) is 4.79 Å². The first kappa shape index (κ1) is 16.1. The Morgan fingerprint density at radius 1 is 1.21 bits per heavy atom. The molecule has 0 atom stereocenters. The predicted molar refractivity (Wildman–Crippen MR) is 92.1 cm³/mol. The van der Waals surface area contributed by atoms with E-state index < -0.39 is 5.97 Å². The molecule has 0 saturated carbocycles. The third-order valence-corrected chi connectivity index (χ3v) is 3.96. The zero-order valence-electron chi connectivity index (χ0n) is 13.6. The molecule has 5 heteroatoms. The van der Waals surface area contributed by atoms with E-state index in [4.69, 9.17) is 9.84 Å². The van der Waals surface area contributed by atoms with E-state index in [1.165, 1.54) is 5.56 Å². The van der Waals surface area contributed by atoms with Gasteiger partial charge in [0.25, 0.3) is 0 Å². The Morgan fingerprint density at radius 2 is 2.04 bits per heavy atom. The standard InChI is InChI=1S/C19H20N2O3/c1-2-14-6-5-7-15(12-14)24-13-18-20-16-8-3-4-9-17(16)21(18)11-10-19(22)23/h3-9,12H,2,10-11,13H2,1H3,(H,22,23). The van der Waals surface area contributed by atoms with E-state index >= 15 is 0 Å². The van der Waals surface area contributed by atoms with Crippen LogP contribution in [0.5, 0.6) is 5.75 Å². The fourth-order valence-corrected chi connectivity index (χ4v) is 2.70. The van der Waals surface area contributed by atoms with Crippen molar-refractivity contribution in [2.45, 2.75) is 32.9 Å². The average Bonchev–Trinajstić information content (AvgIpc) is 2.96. The molecule has 5 nitrogen and oxygen atoms in total. The Labute approximate surface area is 140 Å². The summed E-state index contributed by atoms with van der Waals surface area (Å²) in [4.78, 5) is 15.5. The second-order valence-corrected chi connectivity index (χ2v) is 5.60. The fourth-order valence-electron chi connectivity index (χ4n) is 2.70. The molecule has 0 fully saturated rings. The van der Waals surface area contributed by atoms with Crippen LogP contribution in [0, 0.1) is 0 Å². The van der Waals surface area contributed by atoms with Gasteiger partial charge in [0.15, 0.2) is 0 Å². The maximum Gasteiger partial charge on any atom is 0.305 e. The minimum atomic E-state index is -0.824. The normalized spacial score (nSPS) is 10.9.